The molecule has 0 saturated heterocycles. The van der Waals surface area contributed by atoms with Gasteiger partial charge in [-0.15, -0.1) is 0 Å². The van der Waals surface area contributed by atoms with Crippen molar-refractivity contribution in [3.8, 4) is 17.2 Å². The summed E-state index contributed by atoms with van der Waals surface area (Å²) >= 11 is 0. The number of rotatable bonds is 6. The van der Waals surface area contributed by atoms with E-state index >= 15 is 0 Å². The van der Waals surface area contributed by atoms with Crippen molar-refractivity contribution in [1.82, 2.24) is 0 Å². The summed E-state index contributed by atoms with van der Waals surface area (Å²) in [7, 11) is 5.72. The maximum atomic E-state index is 11.2. The Morgan fingerprint density at radius 3 is 2.00 bits per heavy atom. The number of methoxy groups -OCH3 is 4. The van der Waals surface area contributed by atoms with Crippen LogP contribution in [-0.2, 0) is 16.0 Å². The molecule has 1 unspecified atom stereocenters. The van der Waals surface area contributed by atoms with E-state index in [2.05, 4.69) is 4.74 Å². The van der Waals surface area contributed by atoms with Crippen LogP contribution in [0.25, 0.3) is 0 Å². The predicted octanol–water partition coefficient (Wildman–Crippen LogP) is 0.789. The second-order valence-corrected chi connectivity index (χ2v) is 3.78. The third-order valence-electron chi connectivity index (χ3n) is 2.63. The van der Waals surface area contributed by atoms with Gasteiger partial charge in [-0.1, -0.05) is 0 Å². The first-order valence-corrected chi connectivity index (χ1v) is 5.62. The van der Waals surface area contributed by atoms with Gasteiger partial charge in [-0.2, -0.15) is 0 Å². The summed E-state index contributed by atoms with van der Waals surface area (Å²) in [6, 6.07) is 3.35. The molecule has 0 bridgehead atoms. The number of hydrogen-bond acceptors (Lipinski definition) is 6. The molecule has 0 amide bonds. The van der Waals surface area contributed by atoms with Crippen molar-refractivity contribution < 1.29 is 28.8 Å². The maximum absolute atomic E-state index is 11.2. The second-order valence-electron chi connectivity index (χ2n) is 3.78. The van der Waals surface area contributed by atoms with Crippen LogP contribution in [0.3, 0.4) is 0 Å². The van der Waals surface area contributed by atoms with E-state index in [1.165, 1.54) is 28.4 Å². The molecule has 1 N–H and O–H groups in total. The van der Waals surface area contributed by atoms with Crippen molar-refractivity contribution in [1.29, 1.82) is 0 Å². The summed E-state index contributed by atoms with van der Waals surface area (Å²) in [6.07, 6.45) is -1.13. The van der Waals surface area contributed by atoms with Gasteiger partial charge < -0.3 is 24.1 Å². The molecule has 1 rings (SSSR count). The largest absolute Gasteiger partial charge is 0.493 e. The van der Waals surface area contributed by atoms with Gasteiger partial charge in [-0.25, -0.2) is 4.79 Å². The van der Waals surface area contributed by atoms with Crippen LogP contribution in [0.2, 0.25) is 0 Å². The number of carbonyl (C=O) groups is 1. The van der Waals surface area contributed by atoms with E-state index in [1.54, 1.807) is 12.1 Å². The number of carbonyl (C=O) groups excluding carboxylic acids is 1. The first-order valence-electron chi connectivity index (χ1n) is 5.62. The molecule has 1 aromatic carbocycles. The molecule has 6 heteroatoms. The highest BCUT2D eigenvalue weighted by Crippen LogP contribution is 2.38. The normalized spacial score (nSPS) is 11.6. The van der Waals surface area contributed by atoms with Crippen molar-refractivity contribution >= 4 is 5.97 Å². The van der Waals surface area contributed by atoms with E-state index < -0.39 is 12.1 Å². The molecule has 0 fully saturated rings. The van der Waals surface area contributed by atoms with Gasteiger partial charge in [0, 0.05) is 6.42 Å². The lowest BCUT2D eigenvalue weighted by Crippen LogP contribution is -2.24. The zero-order chi connectivity index (χ0) is 14.4. The Morgan fingerprint density at radius 1 is 1.11 bits per heavy atom. The Labute approximate surface area is 111 Å². The molecular weight excluding hydrogens is 252 g/mol. The third kappa shape index (κ3) is 3.51. The predicted molar refractivity (Wildman–Crippen MR) is 67.8 cm³/mol. The standard InChI is InChI=1S/C13H18O6/c1-16-10-6-8(5-9(14)13(15)19-4)7-11(17-2)12(10)18-3/h6-7,9,14H,5H2,1-4H3. The average Bonchev–Trinajstić information content (AvgIpc) is 2.44. The highest BCUT2D eigenvalue weighted by molar-refractivity contribution is 5.74. The van der Waals surface area contributed by atoms with Gasteiger partial charge in [0.15, 0.2) is 17.6 Å². The number of aliphatic hydroxyl groups excluding tert-OH is 1. The molecule has 0 radical (unpaired) electrons. The highest BCUT2D eigenvalue weighted by Gasteiger charge is 2.19. The summed E-state index contributed by atoms with van der Waals surface area (Å²) < 4.78 is 20.0. The summed E-state index contributed by atoms with van der Waals surface area (Å²) in [5.41, 5.74) is 0.674. The molecule has 6 nitrogen and oxygen atoms in total. The Bertz CT molecular complexity index is 418. The summed E-state index contributed by atoms with van der Waals surface area (Å²) in [5.74, 6) is 0.706. The number of ether oxygens (including phenoxy) is 4. The molecule has 0 aromatic heterocycles. The van der Waals surface area contributed by atoms with E-state index in [4.69, 9.17) is 14.2 Å². The topological polar surface area (TPSA) is 74.2 Å². The van der Waals surface area contributed by atoms with Crippen LogP contribution in [0.1, 0.15) is 5.56 Å². The smallest absolute Gasteiger partial charge is 0.335 e. The minimum absolute atomic E-state index is 0.101. The van der Waals surface area contributed by atoms with Gasteiger partial charge in [0.2, 0.25) is 5.75 Å². The summed E-state index contributed by atoms with van der Waals surface area (Å²) in [6.45, 7) is 0. The molecule has 0 heterocycles. The average molecular weight is 270 g/mol. The van der Waals surface area contributed by atoms with E-state index in [0.29, 0.717) is 22.8 Å². The lowest BCUT2D eigenvalue weighted by Gasteiger charge is -2.15. The maximum Gasteiger partial charge on any atom is 0.335 e. The lowest BCUT2D eigenvalue weighted by atomic mass is 10.1. The number of benzene rings is 1. The molecule has 0 spiro atoms. The Kier molecular flexibility index (Phi) is 5.44. The molecule has 106 valence electrons. The van der Waals surface area contributed by atoms with Crippen LogP contribution in [0, 0.1) is 0 Å². The fraction of sp³-hybridized carbons (Fsp3) is 0.462. The van der Waals surface area contributed by atoms with E-state index in [0.717, 1.165) is 0 Å². The Morgan fingerprint density at radius 2 is 1.63 bits per heavy atom. The summed E-state index contributed by atoms with van der Waals surface area (Å²) in [5, 5.41) is 9.64. The van der Waals surface area contributed by atoms with Crippen molar-refractivity contribution in [3.63, 3.8) is 0 Å². The van der Waals surface area contributed by atoms with E-state index in [-0.39, 0.29) is 6.42 Å². The van der Waals surface area contributed by atoms with Crippen LogP contribution >= 0.6 is 0 Å². The van der Waals surface area contributed by atoms with Crippen molar-refractivity contribution in [2.45, 2.75) is 12.5 Å². The fourth-order valence-corrected chi connectivity index (χ4v) is 1.70. The zero-order valence-corrected chi connectivity index (χ0v) is 11.4. The van der Waals surface area contributed by atoms with E-state index in [9.17, 15) is 9.90 Å². The monoisotopic (exact) mass is 270 g/mol. The first-order chi connectivity index (χ1) is 9.07. The molecule has 0 aliphatic rings. The van der Waals surface area contributed by atoms with Gasteiger partial charge in [-0.3, -0.25) is 0 Å². The van der Waals surface area contributed by atoms with Crippen molar-refractivity contribution in [2.24, 2.45) is 0 Å². The van der Waals surface area contributed by atoms with Crippen LogP contribution in [0.4, 0.5) is 0 Å². The number of aliphatic hydroxyl groups is 1. The molecule has 0 saturated carbocycles. The molecule has 1 aromatic rings. The third-order valence-corrected chi connectivity index (χ3v) is 2.63. The second kappa shape index (κ2) is 6.84. The number of hydrogen-bond donors (Lipinski definition) is 1. The zero-order valence-electron chi connectivity index (χ0n) is 11.4. The van der Waals surface area contributed by atoms with Gasteiger partial charge >= 0.3 is 5.97 Å². The minimum atomic E-state index is -1.23. The Balaban J connectivity index is 3.06. The quantitative estimate of drug-likeness (QED) is 0.770. The first kappa shape index (κ1) is 15.1. The van der Waals surface area contributed by atoms with Crippen LogP contribution in [0.15, 0.2) is 12.1 Å². The Hall–Kier alpha value is -1.95. The van der Waals surface area contributed by atoms with Crippen LogP contribution in [-0.4, -0.2) is 45.6 Å². The van der Waals surface area contributed by atoms with Gasteiger partial charge in [-0.05, 0) is 17.7 Å². The lowest BCUT2D eigenvalue weighted by molar-refractivity contribution is -0.150. The fourth-order valence-electron chi connectivity index (χ4n) is 1.70. The SMILES string of the molecule is COC(=O)C(O)Cc1cc(OC)c(OC)c(OC)c1. The highest BCUT2D eigenvalue weighted by atomic mass is 16.5. The molecule has 1 atom stereocenters. The molecular formula is C13H18O6. The van der Waals surface area contributed by atoms with Gasteiger partial charge in [0.25, 0.3) is 0 Å². The van der Waals surface area contributed by atoms with Gasteiger partial charge in [0.05, 0.1) is 28.4 Å². The van der Waals surface area contributed by atoms with E-state index in [1.807, 2.05) is 0 Å². The molecule has 0 aliphatic carbocycles. The van der Waals surface area contributed by atoms with Crippen LogP contribution in [0.5, 0.6) is 17.2 Å². The van der Waals surface area contributed by atoms with Gasteiger partial charge in [0.1, 0.15) is 0 Å². The minimum Gasteiger partial charge on any atom is -0.493 e. The summed E-state index contributed by atoms with van der Waals surface area (Å²) in [4.78, 5) is 11.2. The molecule has 0 aliphatic heterocycles. The molecule has 19 heavy (non-hydrogen) atoms. The van der Waals surface area contributed by atoms with Crippen molar-refractivity contribution in [2.75, 3.05) is 28.4 Å². The van der Waals surface area contributed by atoms with Crippen molar-refractivity contribution in [3.05, 3.63) is 17.7 Å². The van der Waals surface area contributed by atoms with Crippen LogP contribution < -0.4 is 14.2 Å². The number of esters is 1.